The predicted molar refractivity (Wildman–Crippen MR) is 72.6 cm³/mol. The molecule has 0 aliphatic carbocycles. The summed E-state index contributed by atoms with van der Waals surface area (Å²) in [5, 5.41) is 11.5. The zero-order valence-electron chi connectivity index (χ0n) is 12.2. The minimum absolute atomic E-state index is 0.0223. The first-order valence-corrected chi connectivity index (χ1v) is 7.03. The molecule has 2 unspecified atom stereocenters. The number of nitrogens with one attached hydrogen (secondary N) is 1. The van der Waals surface area contributed by atoms with Gasteiger partial charge in [-0.1, -0.05) is 6.92 Å². The lowest BCUT2D eigenvalue weighted by Gasteiger charge is -2.45. The van der Waals surface area contributed by atoms with Crippen molar-refractivity contribution in [3.05, 3.63) is 0 Å². The van der Waals surface area contributed by atoms with Crippen LogP contribution < -0.4 is 5.32 Å². The SMILES string of the molecule is CNC(=O)C1COCCN1C(=O)N1CC(C(C)C(=O)O)C1. The standard InChI is InChI=1S/C13H21N3O5/c1-8(12(18)19)9-5-15(6-9)13(20)16-3-4-21-7-10(16)11(17)14-2/h8-10H,3-7H2,1-2H3,(H,14,17)(H,18,19). The molecule has 0 radical (unpaired) electrons. The Morgan fingerprint density at radius 2 is 2.00 bits per heavy atom. The molecule has 0 spiro atoms. The third-order valence-electron chi connectivity index (χ3n) is 4.20. The topological polar surface area (TPSA) is 99.2 Å². The van der Waals surface area contributed by atoms with Gasteiger partial charge >= 0.3 is 12.0 Å². The summed E-state index contributed by atoms with van der Waals surface area (Å²) < 4.78 is 5.26. The van der Waals surface area contributed by atoms with Crippen molar-refractivity contribution in [1.29, 1.82) is 0 Å². The summed E-state index contributed by atoms with van der Waals surface area (Å²) in [5.41, 5.74) is 0. The number of amides is 3. The molecule has 21 heavy (non-hydrogen) atoms. The number of aliphatic carboxylic acids is 1. The molecule has 0 saturated carbocycles. The van der Waals surface area contributed by atoms with E-state index in [2.05, 4.69) is 5.32 Å². The highest BCUT2D eigenvalue weighted by Gasteiger charge is 2.42. The number of likely N-dealkylation sites (N-methyl/N-ethyl adjacent to an activating group) is 1. The van der Waals surface area contributed by atoms with Gasteiger partial charge in [-0.3, -0.25) is 9.59 Å². The smallest absolute Gasteiger partial charge is 0.320 e. The van der Waals surface area contributed by atoms with Gasteiger partial charge < -0.3 is 25.0 Å². The number of hydrogen-bond donors (Lipinski definition) is 2. The maximum absolute atomic E-state index is 12.4. The van der Waals surface area contributed by atoms with Crippen molar-refractivity contribution < 1.29 is 24.2 Å². The van der Waals surface area contributed by atoms with Gasteiger partial charge in [-0.05, 0) is 0 Å². The molecule has 0 bridgehead atoms. The minimum atomic E-state index is -0.846. The monoisotopic (exact) mass is 299 g/mol. The second kappa shape index (κ2) is 6.30. The summed E-state index contributed by atoms with van der Waals surface area (Å²) >= 11 is 0. The number of morpholine rings is 1. The van der Waals surface area contributed by atoms with Crippen molar-refractivity contribution in [2.75, 3.05) is 39.9 Å². The van der Waals surface area contributed by atoms with Crippen molar-refractivity contribution in [2.24, 2.45) is 11.8 Å². The Balaban J connectivity index is 1.94. The van der Waals surface area contributed by atoms with Crippen LogP contribution in [0.25, 0.3) is 0 Å². The first-order chi connectivity index (χ1) is 9.95. The molecule has 2 fully saturated rings. The van der Waals surface area contributed by atoms with Crippen LogP contribution in [0.2, 0.25) is 0 Å². The molecular formula is C13H21N3O5. The molecule has 8 nitrogen and oxygen atoms in total. The minimum Gasteiger partial charge on any atom is -0.481 e. The Labute approximate surface area is 123 Å². The van der Waals surface area contributed by atoms with E-state index in [0.717, 1.165) is 0 Å². The number of carbonyl (C=O) groups excluding carboxylic acids is 2. The lowest BCUT2D eigenvalue weighted by molar-refractivity contribution is -0.145. The highest BCUT2D eigenvalue weighted by atomic mass is 16.5. The molecule has 2 aliphatic heterocycles. The number of urea groups is 1. The molecule has 2 N–H and O–H groups in total. The predicted octanol–water partition coefficient (Wildman–Crippen LogP) is -0.794. The first kappa shape index (κ1) is 15.6. The molecule has 8 heteroatoms. The molecular weight excluding hydrogens is 278 g/mol. The highest BCUT2D eigenvalue weighted by molar-refractivity contribution is 5.87. The molecule has 2 atom stereocenters. The lowest BCUT2D eigenvalue weighted by Crippen LogP contribution is -2.63. The van der Waals surface area contributed by atoms with E-state index in [4.69, 9.17) is 9.84 Å². The summed E-state index contributed by atoms with van der Waals surface area (Å²) in [6.07, 6.45) is 0. The van der Waals surface area contributed by atoms with Crippen molar-refractivity contribution in [3.8, 4) is 0 Å². The van der Waals surface area contributed by atoms with E-state index in [1.165, 1.54) is 11.9 Å². The third-order valence-corrected chi connectivity index (χ3v) is 4.20. The largest absolute Gasteiger partial charge is 0.481 e. The summed E-state index contributed by atoms with van der Waals surface area (Å²) in [4.78, 5) is 38.2. The van der Waals surface area contributed by atoms with Crippen LogP contribution in [0, 0.1) is 11.8 Å². The third kappa shape index (κ3) is 3.10. The fourth-order valence-corrected chi connectivity index (χ4v) is 2.58. The van der Waals surface area contributed by atoms with E-state index in [-0.39, 0.29) is 24.5 Å². The average molecular weight is 299 g/mol. The van der Waals surface area contributed by atoms with E-state index < -0.39 is 17.9 Å². The van der Waals surface area contributed by atoms with Gasteiger partial charge in [-0.2, -0.15) is 0 Å². The normalized spacial score (nSPS) is 24.2. The number of likely N-dealkylation sites (tertiary alicyclic amines) is 1. The Morgan fingerprint density at radius 1 is 1.33 bits per heavy atom. The van der Waals surface area contributed by atoms with Gasteiger partial charge in [0.2, 0.25) is 5.91 Å². The van der Waals surface area contributed by atoms with Gasteiger partial charge in [0.05, 0.1) is 19.1 Å². The van der Waals surface area contributed by atoms with Gasteiger partial charge in [0.25, 0.3) is 0 Å². The van der Waals surface area contributed by atoms with Crippen LogP contribution >= 0.6 is 0 Å². The van der Waals surface area contributed by atoms with E-state index >= 15 is 0 Å². The Bertz CT molecular complexity index is 436. The second-order valence-electron chi connectivity index (χ2n) is 5.47. The van der Waals surface area contributed by atoms with Crippen LogP contribution in [-0.2, 0) is 14.3 Å². The fourth-order valence-electron chi connectivity index (χ4n) is 2.58. The summed E-state index contributed by atoms with van der Waals surface area (Å²) in [6.45, 7) is 3.45. The number of hydrogen-bond acceptors (Lipinski definition) is 4. The van der Waals surface area contributed by atoms with Gasteiger partial charge in [-0.25, -0.2) is 4.79 Å². The van der Waals surface area contributed by atoms with Crippen LogP contribution in [0.3, 0.4) is 0 Å². The maximum Gasteiger partial charge on any atom is 0.320 e. The van der Waals surface area contributed by atoms with Crippen LogP contribution in [0.1, 0.15) is 6.92 Å². The number of carbonyl (C=O) groups is 3. The molecule has 2 saturated heterocycles. The highest BCUT2D eigenvalue weighted by Crippen LogP contribution is 2.26. The molecule has 2 aliphatic rings. The molecule has 0 aromatic rings. The Morgan fingerprint density at radius 3 is 2.57 bits per heavy atom. The maximum atomic E-state index is 12.4. The molecule has 118 valence electrons. The lowest BCUT2D eigenvalue weighted by atomic mass is 9.87. The molecule has 0 aromatic carbocycles. The molecule has 3 amide bonds. The van der Waals surface area contributed by atoms with Gasteiger partial charge in [-0.15, -0.1) is 0 Å². The van der Waals surface area contributed by atoms with Crippen molar-refractivity contribution in [2.45, 2.75) is 13.0 Å². The van der Waals surface area contributed by atoms with E-state index in [0.29, 0.717) is 26.2 Å². The van der Waals surface area contributed by atoms with Crippen molar-refractivity contribution >= 4 is 17.9 Å². The summed E-state index contributed by atoms with van der Waals surface area (Å²) in [7, 11) is 1.52. The number of ether oxygens (including phenoxy) is 1. The van der Waals surface area contributed by atoms with Gasteiger partial charge in [0.1, 0.15) is 6.04 Å². The quantitative estimate of drug-likeness (QED) is 0.711. The second-order valence-corrected chi connectivity index (χ2v) is 5.47. The molecule has 2 rings (SSSR count). The van der Waals surface area contributed by atoms with Gasteiger partial charge in [0.15, 0.2) is 0 Å². The Kier molecular flexibility index (Phi) is 4.66. The van der Waals surface area contributed by atoms with E-state index in [1.807, 2.05) is 0 Å². The van der Waals surface area contributed by atoms with Crippen LogP contribution in [0.5, 0.6) is 0 Å². The fraction of sp³-hybridized carbons (Fsp3) is 0.769. The number of carboxylic acids is 1. The number of carboxylic acid groups (broad SMARTS) is 1. The summed E-state index contributed by atoms with van der Waals surface area (Å²) in [6, 6.07) is -0.840. The van der Waals surface area contributed by atoms with Crippen LogP contribution in [0.4, 0.5) is 4.79 Å². The van der Waals surface area contributed by atoms with Crippen molar-refractivity contribution in [3.63, 3.8) is 0 Å². The Hall–Kier alpha value is -1.83. The number of nitrogens with zero attached hydrogens (tertiary/aromatic N) is 2. The van der Waals surface area contributed by atoms with E-state index in [1.54, 1.807) is 11.8 Å². The number of rotatable bonds is 3. The summed E-state index contributed by atoms with van der Waals surface area (Å²) in [5.74, 6) is -1.58. The zero-order chi connectivity index (χ0) is 15.6. The van der Waals surface area contributed by atoms with Crippen LogP contribution in [-0.4, -0.2) is 78.8 Å². The first-order valence-electron chi connectivity index (χ1n) is 7.03. The van der Waals surface area contributed by atoms with Crippen molar-refractivity contribution in [1.82, 2.24) is 15.1 Å². The zero-order valence-corrected chi connectivity index (χ0v) is 12.2. The molecule has 2 heterocycles. The van der Waals surface area contributed by atoms with Gasteiger partial charge in [0, 0.05) is 32.6 Å². The van der Waals surface area contributed by atoms with Crippen LogP contribution in [0.15, 0.2) is 0 Å². The van der Waals surface area contributed by atoms with E-state index in [9.17, 15) is 14.4 Å². The molecule has 0 aromatic heterocycles. The average Bonchev–Trinajstić information content (AvgIpc) is 2.44.